The highest BCUT2D eigenvalue weighted by molar-refractivity contribution is 6.33. The summed E-state index contributed by atoms with van der Waals surface area (Å²) in [4.78, 5) is 14.7. The Morgan fingerprint density at radius 3 is 2.91 bits per heavy atom. The van der Waals surface area contributed by atoms with Crippen LogP contribution in [0.25, 0.3) is 11.3 Å². The molecular weight excluding hydrogens is 300 g/mol. The fourth-order valence-electron chi connectivity index (χ4n) is 2.82. The number of hydrogen-bond acceptors (Lipinski definition) is 3. The fraction of sp³-hybridized carbons (Fsp3) is 0.375. The molecule has 0 bridgehead atoms. The summed E-state index contributed by atoms with van der Waals surface area (Å²) < 4.78 is 1.66. The average Bonchev–Trinajstić information content (AvgIpc) is 3.15. The third kappa shape index (κ3) is 2.74. The van der Waals surface area contributed by atoms with Crippen LogP contribution in [0.3, 0.4) is 0 Å². The first kappa shape index (κ1) is 15.1. The van der Waals surface area contributed by atoms with Crippen molar-refractivity contribution in [2.45, 2.75) is 12.5 Å². The number of halogens is 1. The second-order valence-electron chi connectivity index (χ2n) is 5.61. The Morgan fingerprint density at radius 2 is 2.23 bits per heavy atom. The molecule has 0 radical (unpaired) electrons. The van der Waals surface area contributed by atoms with Crippen molar-refractivity contribution >= 4 is 17.5 Å². The van der Waals surface area contributed by atoms with Crippen LogP contribution in [0.4, 0.5) is 0 Å². The lowest BCUT2D eigenvalue weighted by Crippen LogP contribution is -2.38. The maximum absolute atomic E-state index is 12.9. The van der Waals surface area contributed by atoms with E-state index in [4.69, 9.17) is 11.6 Å². The van der Waals surface area contributed by atoms with Gasteiger partial charge in [0, 0.05) is 38.4 Å². The predicted molar refractivity (Wildman–Crippen MR) is 87.0 cm³/mol. The van der Waals surface area contributed by atoms with Crippen LogP contribution in [0.1, 0.15) is 16.8 Å². The summed E-state index contributed by atoms with van der Waals surface area (Å²) in [6, 6.07) is 7.69. The van der Waals surface area contributed by atoms with Gasteiger partial charge in [-0.15, -0.1) is 0 Å². The molecule has 0 aliphatic carbocycles. The van der Waals surface area contributed by atoms with Gasteiger partial charge in [-0.05, 0) is 19.0 Å². The molecule has 1 atom stereocenters. The summed E-state index contributed by atoms with van der Waals surface area (Å²) in [5.41, 5.74) is 2.01. The van der Waals surface area contributed by atoms with Crippen molar-refractivity contribution in [3.8, 4) is 11.3 Å². The minimum absolute atomic E-state index is 0.0169. The molecule has 1 aliphatic rings. The lowest BCUT2D eigenvalue weighted by molar-refractivity contribution is 0.0744. The predicted octanol–water partition coefficient (Wildman–Crippen LogP) is 2.17. The van der Waals surface area contributed by atoms with E-state index in [1.165, 1.54) is 0 Å². The van der Waals surface area contributed by atoms with Crippen LogP contribution in [0.5, 0.6) is 0 Å². The largest absolute Gasteiger partial charge is 0.337 e. The van der Waals surface area contributed by atoms with Crippen LogP contribution in [-0.2, 0) is 7.05 Å². The number of likely N-dealkylation sites (N-methyl/N-ethyl adjacent to an activating group) is 1. The van der Waals surface area contributed by atoms with Gasteiger partial charge in [0.1, 0.15) is 5.69 Å². The van der Waals surface area contributed by atoms with E-state index in [9.17, 15) is 4.79 Å². The first-order valence-electron chi connectivity index (χ1n) is 7.34. The number of aromatic nitrogens is 2. The van der Waals surface area contributed by atoms with Gasteiger partial charge >= 0.3 is 0 Å². The van der Waals surface area contributed by atoms with Crippen molar-refractivity contribution in [3.63, 3.8) is 0 Å². The Bertz CT molecular complexity index is 691. The van der Waals surface area contributed by atoms with Crippen LogP contribution in [0, 0.1) is 0 Å². The summed E-state index contributed by atoms with van der Waals surface area (Å²) in [5.74, 6) is -0.0169. The number of amides is 1. The molecule has 2 aromatic rings. The molecule has 1 amide bonds. The van der Waals surface area contributed by atoms with Crippen molar-refractivity contribution in [1.29, 1.82) is 0 Å². The van der Waals surface area contributed by atoms with Gasteiger partial charge in [0.2, 0.25) is 0 Å². The molecule has 2 heterocycles. The summed E-state index contributed by atoms with van der Waals surface area (Å²) in [6.07, 6.45) is 2.74. The molecular formula is C16H19ClN4O. The molecule has 116 valence electrons. The second kappa shape index (κ2) is 6.10. The molecule has 1 N–H and O–H groups in total. The first-order valence-corrected chi connectivity index (χ1v) is 7.72. The van der Waals surface area contributed by atoms with Crippen LogP contribution in [0.2, 0.25) is 5.02 Å². The van der Waals surface area contributed by atoms with Gasteiger partial charge in [-0.1, -0.05) is 29.8 Å². The van der Waals surface area contributed by atoms with Crippen molar-refractivity contribution in [3.05, 3.63) is 41.0 Å². The number of rotatable bonds is 3. The highest BCUT2D eigenvalue weighted by atomic mass is 35.5. The van der Waals surface area contributed by atoms with Crippen molar-refractivity contribution < 1.29 is 4.79 Å². The maximum Gasteiger partial charge on any atom is 0.257 e. The number of benzene rings is 1. The molecule has 1 saturated heterocycles. The summed E-state index contributed by atoms with van der Waals surface area (Å²) in [6.45, 7) is 1.79. The topological polar surface area (TPSA) is 50.2 Å². The zero-order chi connectivity index (χ0) is 15.7. The van der Waals surface area contributed by atoms with Crippen molar-refractivity contribution in [2.75, 3.05) is 20.1 Å². The van der Waals surface area contributed by atoms with E-state index in [-0.39, 0.29) is 11.9 Å². The maximum atomic E-state index is 12.9. The van der Waals surface area contributed by atoms with Crippen molar-refractivity contribution in [1.82, 2.24) is 20.0 Å². The van der Waals surface area contributed by atoms with Crippen LogP contribution in [-0.4, -0.2) is 46.8 Å². The van der Waals surface area contributed by atoms with E-state index < -0.39 is 0 Å². The monoisotopic (exact) mass is 318 g/mol. The molecule has 3 rings (SSSR count). The van der Waals surface area contributed by atoms with Gasteiger partial charge in [-0.2, -0.15) is 5.10 Å². The van der Waals surface area contributed by atoms with Gasteiger partial charge < -0.3 is 10.2 Å². The Balaban J connectivity index is 1.97. The molecule has 1 aliphatic heterocycles. The average molecular weight is 319 g/mol. The molecule has 5 nitrogen and oxygen atoms in total. The Morgan fingerprint density at radius 1 is 1.45 bits per heavy atom. The summed E-state index contributed by atoms with van der Waals surface area (Å²) in [7, 11) is 3.66. The van der Waals surface area contributed by atoms with Crippen LogP contribution >= 0.6 is 11.6 Å². The van der Waals surface area contributed by atoms with E-state index in [1.54, 1.807) is 15.8 Å². The molecule has 1 aromatic heterocycles. The highest BCUT2D eigenvalue weighted by Crippen LogP contribution is 2.29. The van der Waals surface area contributed by atoms with Crippen LogP contribution in [0.15, 0.2) is 30.5 Å². The molecule has 1 unspecified atom stereocenters. The minimum Gasteiger partial charge on any atom is -0.337 e. The van der Waals surface area contributed by atoms with E-state index in [2.05, 4.69) is 10.4 Å². The van der Waals surface area contributed by atoms with E-state index in [0.29, 0.717) is 16.3 Å². The SMILES string of the molecule is CN(C(=O)c1cn(C)nc1-c1ccccc1Cl)C1CCNC1. The van der Waals surface area contributed by atoms with Crippen molar-refractivity contribution in [2.24, 2.45) is 7.05 Å². The Hall–Kier alpha value is -1.85. The second-order valence-corrected chi connectivity index (χ2v) is 6.01. The molecule has 0 saturated carbocycles. The molecule has 1 fully saturated rings. The quantitative estimate of drug-likeness (QED) is 0.943. The van der Waals surface area contributed by atoms with Crippen LogP contribution < -0.4 is 5.32 Å². The molecule has 0 spiro atoms. The lowest BCUT2D eigenvalue weighted by atomic mass is 10.1. The Labute approximate surface area is 134 Å². The first-order chi connectivity index (χ1) is 10.6. The number of hydrogen-bond donors (Lipinski definition) is 1. The number of aryl methyl sites for hydroxylation is 1. The minimum atomic E-state index is -0.0169. The third-order valence-electron chi connectivity index (χ3n) is 4.09. The highest BCUT2D eigenvalue weighted by Gasteiger charge is 2.27. The van der Waals surface area contributed by atoms with E-state index in [1.807, 2.05) is 38.4 Å². The van der Waals surface area contributed by atoms with Gasteiger partial charge in [0.05, 0.1) is 10.6 Å². The van der Waals surface area contributed by atoms with Gasteiger partial charge in [-0.25, -0.2) is 0 Å². The summed E-state index contributed by atoms with van der Waals surface area (Å²) in [5, 5.41) is 8.32. The number of nitrogens with zero attached hydrogens (tertiary/aromatic N) is 3. The Kier molecular flexibility index (Phi) is 4.18. The lowest BCUT2D eigenvalue weighted by Gasteiger charge is -2.23. The van der Waals surface area contributed by atoms with Gasteiger partial charge in [0.25, 0.3) is 5.91 Å². The van der Waals surface area contributed by atoms with E-state index >= 15 is 0 Å². The smallest absolute Gasteiger partial charge is 0.257 e. The molecule has 22 heavy (non-hydrogen) atoms. The van der Waals surface area contributed by atoms with Gasteiger partial charge in [-0.3, -0.25) is 9.48 Å². The zero-order valence-corrected chi connectivity index (χ0v) is 13.5. The summed E-state index contributed by atoms with van der Waals surface area (Å²) >= 11 is 6.27. The fourth-order valence-corrected chi connectivity index (χ4v) is 3.05. The third-order valence-corrected chi connectivity index (χ3v) is 4.42. The number of carbonyl (C=O) groups excluding carboxylic acids is 1. The number of carbonyl (C=O) groups is 1. The normalized spacial score (nSPS) is 17.7. The standard InChI is InChI=1S/C16H19ClN4O/c1-20-10-13(16(22)21(2)11-7-8-18-9-11)15(19-20)12-5-3-4-6-14(12)17/h3-6,10-11,18H,7-9H2,1-2H3. The van der Waals surface area contributed by atoms with E-state index in [0.717, 1.165) is 25.1 Å². The number of nitrogens with one attached hydrogen (secondary N) is 1. The molecule has 1 aromatic carbocycles. The molecule has 6 heteroatoms. The zero-order valence-electron chi connectivity index (χ0n) is 12.7. The van der Waals surface area contributed by atoms with Gasteiger partial charge in [0.15, 0.2) is 0 Å².